The highest BCUT2D eigenvalue weighted by Crippen LogP contribution is 2.35. The smallest absolute Gasteiger partial charge is 0.137 e. The van der Waals surface area contributed by atoms with Crippen molar-refractivity contribution < 1.29 is 0 Å². The number of fused-ring (bicyclic) bond motifs is 2. The van der Waals surface area contributed by atoms with Crippen LogP contribution in [-0.4, -0.2) is 19.5 Å². The average Bonchev–Trinajstić information content (AvgIpc) is 3.32. The zero-order valence-corrected chi connectivity index (χ0v) is 13.8. The first-order valence-corrected chi connectivity index (χ1v) is 8.61. The number of hydrogen-bond acceptors (Lipinski definition) is 3. The van der Waals surface area contributed by atoms with Gasteiger partial charge in [-0.2, -0.15) is 0 Å². The number of hydrogen-bond donors (Lipinski definition) is 1. The molecule has 1 aromatic carbocycles. The predicted octanol–water partition coefficient (Wildman–Crippen LogP) is 4.85. The molecule has 0 saturated carbocycles. The molecule has 4 heterocycles. The Morgan fingerprint density at radius 2 is 1.92 bits per heavy atom. The number of para-hydroxylation sites is 1. The number of H-pyrrole nitrogens is 1. The van der Waals surface area contributed by atoms with E-state index in [9.17, 15) is 0 Å². The van der Waals surface area contributed by atoms with Gasteiger partial charge in [-0.05, 0) is 18.2 Å². The molecular formula is C19H14N4S. The number of nitrogens with one attached hydrogen (secondary N) is 1. The van der Waals surface area contributed by atoms with Gasteiger partial charge in [-0.3, -0.25) is 0 Å². The van der Waals surface area contributed by atoms with Gasteiger partial charge in [0.25, 0.3) is 0 Å². The van der Waals surface area contributed by atoms with Crippen LogP contribution < -0.4 is 0 Å². The third kappa shape index (κ3) is 1.91. The van der Waals surface area contributed by atoms with Gasteiger partial charge in [0.2, 0.25) is 0 Å². The molecule has 0 radical (unpaired) electrons. The van der Waals surface area contributed by atoms with Gasteiger partial charge < -0.3 is 9.55 Å². The lowest BCUT2D eigenvalue weighted by Crippen LogP contribution is -1.81. The second kappa shape index (κ2) is 5.04. The van der Waals surface area contributed by atoms with Gasteiger partial charge in [0.05, 0.1) is 5.69 Å². The van der Waals surface area contributed by atoms with Crippen LogP contribution in [0.3, 0.4) is 0 Å². The van der Waals surface area contributed by atoms with E-state index in [1.807, 2.05) is 12.3 Å². The molecule has 5 rings (SSSR count). The first-order chi connectivity index (χ1) is 11.8. The molecule has 0 bridgehead atoms. The average molecular weight is 330 g/mol. The van der Waals surface area contributed by atoms with E-state index in [0.29, 0.717) is 0 Å². The summed E-state index contributed by atoms with van der Waals surface area (Å²) in [4.78, 5) is 12.5. The molecule has 5 aromatic rings. The third-order valence-electron chi connectivity index (χ3n) is 4.36. The number of thiazole rings is 1. The van der Waals surface area contributed by atoms with Crippen molar-refractivity contribution in [2.45, 2.75) is 0 Å². The Balaban J connectivity index is 1.67. The first-order valence-electron chi connectivity index (χ1n) is 7.74. The van der Waals surface area contributed by atoms with Crippen molar-refractivity contribution in [3.63, 3.8) is 0 Å². The lowest BCUT2D eigenvalue weighted by Gasteiger charge is -1.95. The van der Waals surface area contributed by atoms with Crippen LogP contribution in [0.25, 0.3) is 43.8 Å². The molecule has 5 heteroatoms. The topological polar surface area (TPSA) is 46.5 Å². The molecule has 0 aliphatic carbocycles. The largest absolute Gasteiger partial charge is 0.350 e. The highest BCUT2D eigenvalue weighted by atomic mass is 32.1. The molecule has 0 unspecified atom stereocenters. The molecule has 0 atom stereocenters. The number of benzene rings is 1. The Labute approximate surface area is 142 Å². The van der Waals surface area contributed by atoms with E-state index in [2.05, 4.69) is 63.5 Å². The van der Waals surface area contributed by atoms with Gasteiger partial charge in [0, 0.05) is 58.4 Å². The van der Waals surface area contributed by atoms with Crippen LogP contribution in [0.15, 0.2) is 60.4 Å². The van der Waals surface area contributed by atoms with Gasteiger partial charge in [-0.25, -0.2) is 9.97 Å². The minimum Gasteiger partial charge on any atom is -0.350 e. The maximum absolute atomic E-state index is 4.89. The Morgan fingerprint density at radius 3 is 2.88 bits per heavy atom. The van der Waals surface area contributed by atoms with Crippen LogP contribution in [0.2, 0.25) is 0 Å². The van der Waals surface area contributed by atoms with Gasteiger partial charge in [0.1, 0.15) is 10.7 Å². The summed E-state index contributed by atoms with van der Waals surface area (Å²) >= 11 is 1.67. The number of nitrogens with zero attached hydrogens (tertiary/aromatic N) is 3. The fourth-order valence-corrected chi connectivity index (χ4v) is 4.05. The summed E-state index contributed by atoms with van der Waals surface area (Å²) < 4.78 is 2.15. The Morgan fingerprint density at radius 1 is 1.04 bits per heavy atom. The molecule has 0 aliphatic heterocycles. The molecule has 0 amide bonds. The number of aromatic amines is 1. The number of aryl methyl sites for hydroxylation is 1. The SMILES string of the molecule is Cn1cc(-c2csc(-c3c[nH]c4ncccc34)n2)c2ccccc21. The number of pyridine rings is 1. The van der Waals surface area contributed by atoms with Gasteiger partial charge in [0.15, 0.2) is 0 Å². The Bertz CT molecular complexity index is 1180. The van der Waals surface area contributed by atoms with Gasteiger partial charge in [-0.15, -0.1) is 11.3 Å². The van der Waals surface area contributed by atoms with E-state index in [4.69, 9.17) is 4.98 Å². The highest BCUT2D eigenvalue weighted by molar-refractivity contribution is 7.13. The number of rotatable bonds is 2. The predicted molar refractivity (Wildman–Crippen MR) is 99.1 cm³/mol. The molecule has 0 fully saturated rings. The monoisotopic (exact) mass is 330 g/mol. The van der Waals surface area contributed by atoms with E-state index >= 15 is 0 Å². The first kappa shape index (κ1) is 13.5. The van der Waals surface area contributed by atoms with Crippen molar-refractivity contribution in [2.24, 2.45) is 7.05 Å². The van der Waals surface area contributed by atoms with Crippen LogP contribution in [0.4, 0.5) is 0 Å². The fourth-order valence-electron chi connectivity index (χ4n) is 3.20. The lowest BCUT2D eigenvalue weighted by molar-refractivity contribution is 0.970. The van der Waals surface area contributed by atoms with E-state index in [1.54, 1.807) is 17.5 Å². The summed E-state index contributed by atoms with van der Waals surface area (Å²) in [5, 5.41) is 5.48. The lowest BCUT2D eigenvalue weighted by atomic mass is 10.1. The molecular weight excluding hydrogens is 316 g/mol. The summed E-state index contributed by atoms with van der Waals surface area (Å²) in [7, 11) is 2.07. The second-order valence-electron chi connectivity index (χ2n) is 5.81. The number of aromatic nitrogens is 4. The maximum Gasteiger partial charge on any atom is 0.137 e. The van der Waals surface area contributed by atoms with Gasteiger partial charge >= 0.3 is 0 Å². The van der Waals surface area contributed by atoms with Crippen LogP contribution in [0.1, 0.15) is 0 Å². The highest BCUT2D eigenvalue weighted by Gasteiger charge is 2.14. The van der Waals surface area contributed by atoms with E-state index in [1.165, 1.54) is 16.5 Å². The van der Waals surface area contributed by atoms with Crippen molar-refractivity contribution in [3.05, 3.63) is 60.4 Å². The summed E-state index contributed by atoms with van der Waals surface area (Å²) in [5.41, 5.74) is 5.42. The van der Waals surface area contributed by atoms with Crippen molar-refractivity contribution >= 4 is 33.3 Å². The summed E-state index contributed by atoms with van der Waals surface area (Å²) in [6.07, 6.45) is 5.94. The summed E-state index contributed by atoms with van der Waals surface area (Å²) in [6, 6.07) is 12.5. The van der Waals surface area contributed by atoms with E-state index in [0.717, 1.165) is 27.3 Å². The van der Waals surface area contributed by atoms with Crippen LogP contribution >= 0.6 is 11.3 Å². The standard InChI is InChI=1S/C19H14N4S/c1-23-10-15(12-5-2-3-7-17(12)23)16-11-24-19(22-16)14-9-21-18-13(14)6-4-8-20-18/h2-11H,1H3,(H,20,21). The minimum absolute atomic E-state index is 0.898. The summed E-state index contributed by atoms with van der Waals surface area (Å²) in [5.74, 6) is 0. The van der Waals surface area contributed by atoms with Crippen molar-refractivity contribution in [1.82, 2.24) is 19.5 Å². The third-order valence-corrected chi connectivity index (χ3v) is 5.23. The van der Waals surface area contributed by atoms with Gasteiger partial charge in [-0.1, -0.05) is 18.2 Å². The molecule has 1 N–H and O–H groups in total. The molecule has 4 nitrogen and oxygen atoms in total. The minimum atomic E-state index is 0.898. The molecule has 0 saturated heterocycles. The van der Waals surface area contributed by atoms with Crippen LogP contribution in [0, 0.1) is 0 Å². The Kier molecular flexibility index (Phi) is 2.84. The van der Waals surface area contributed by atoms with Crippen molar-refractivity contribution in [3.8, 4) is 21.8 Å². The normalized spacial score (nSPS) is 11.5. The quantitative estimate of drug-likeness (QED) is 0.503. The Hall–Kier alpha value is -2.92. The van der Waals surface area contributed by atoms with Crippen molar-refractivity contribution in [1.29, 1.82) is 0 Å². The van der Waals surface area contributed by atoms with E-state index < -0.39 is 0 Å². The second-order valence-corrected chi connectivity index (χ2v) is 6.67. The molecule has 24 heavy (non-hydrogen) atoms. The zero-order chi connectivity index (χ0) is 16.1. The van der Waals surface area contributed by atoms with Crippen molar-refractivity contribution in [2.75, 3.05) is 0 Å². The zero-order valence-electron chi connectivity index (χ0n) is 13.0. The van der Waals surface area contributed by atoms with Crippen LogP contribution in [-0.2, 0) is 7.05 Å². The molecule has 116 valence electrons. The fraction of sp³-hybridized carbons (Fsp3) is 0.0526. The maximum atomic E-state index is 4.89. The molecule has 4 aromatic heterocycles. The van der Waals surface area contributed by atoms with Crippen LogP contribution in [0.5, 0.6) is 0 Å². The molecule has 0 spiro atoms. The molecule has 0 aliphatic rings. The summed E-state index contributed by atoms with van der Waals surface area (Å²) in [6.45, 7) is 0. The van der Waals surface area contributed by atoms with E-state index in [-0.39, 0.29) is 0 Å².